The number of nitrogens with zero attached hydrogens (tertiary/aromatic N) is 3. The molecule has 78 valence electrons. The second-order valence-corrected chi connectivity index (χ2v) is 3.31. The number of aromatic nitrogens is 3. The average molecular weight is 237 g/mol. The van der Waals surface area contributed by atoms with Crippen molar-refractivity contribution >= 4 is 29.2 Å². The van der Waals surface area contributed by atoms with Crippen molar-refractivity contribution in [3.8, 4) is 0 Å². The molecule has 0 amide bonds. The molecule has 14 heavy (non-hydrogen) atoms. The number of aliphatic hydroxyl groups is 1. The van der Waals surface area contributed by atoms with E-state index in [1.54, 1.807) is 0 Å². The van der Waals surface area contributed by atoms with Gasteiger partial charge in [-0.3, -0.25) is 0 Å². The van der Waals surface area contributed by atoms with Gasteiger partial charge in [0.15, 0.2) is 0 Å². The maximum atomic E-state index is 8.93. The van der Waals surface area contributed by atoms with Crippen LogP contribution in [0.15, 0.2) is 0 Å². The minimum atomic E-state index is -0.107. The molecule has 7 heteroatoms. The number of nitrogens with one attached hydrogen (secondary N) is 1. The summed E-state index contributed by atoms with van der Waals surface area (Å²) >= 11 is 11.1. The lowest BCUT2D eigenvalue weighted by Crippen LogP contribution is -2.24. The van der Waals surface area contributed by atoms with Crippen LogP contribution in [0.4, 0.5) is 5.95 Å². The van der Waals surface area contributed by atoms with Crippen molar-refractivity contribution in [2.24, 2.45) is 0 Å². The van der Waals surface area contributed by atoms with Crippen LogP contribution in [-0.2, 0) is 0 Å². The van der Waals surface area contributed by atoms with Crippen molar-refractivity contribution in [3.05, 3.63) is 10.6 Å². The predicted octanol–water partition coefficient (Wildman–Crippen LogP) is 1.36. The Balaban J connectivity index is 2.75. The van der Waals surface area contributed by atoms with E-state index >= 15 is 0 Å². The smallest absolute Gasteiger partial charge is 0.228 e. The van der Waals surface area contributed by atoms with E-state index in [0.29, 0.717) is 0 Å². The van der Waals surface area contributed by atoms with Crippen molar-refractivity contribution in [2.45, 2.75) is 19.4 Å². The van der Waals surface area contributed by atoms with E-state index in [1.807, 2.05) is 6.92 Å². The van der Waals surface area contributed by atoms with Gasteiger partial charge in [-0.1, -0.05) is 6.92 Å². The first-order valence-corrected chi connectivity index (χ1v) is 4.85. The minimum Gasteiger partial charge on any atom is -0.394 e. The molecule has 0 aliphatic heterocycles. The molecule has 0 saturated heterocycles. The Hall–Kier alpha value is -0.650. The molecule has 1 aromatic rings. The van der Waals surface area contributed by atoms with Gasteiger partial charge in [0.25, 0.3) is 0 Å². The third-order valence-electron chi connectivity index (χ3n) is 1.63. The van der Waals surface area contributed by atoms with E-state index in [2.05, 4.69) is 20.3 Å². The van der Waals surface area contributed by atoms with E-state index in [1.165, 1.54) is 0 Å². The minimum absolute atomic E-state index is 0.00256. The van der Waals surface area contributed by atoms with Crippen LogP contribution in [0.5, 0.6) is 0 Å². The van der Waals surface area contributed by atoms with E-state index in [0.717, 1.165) is 6.42 Å². The Kier molecular flexibility index (Phi) is 4.31. The van der Waals surface area contributed by atoms with E-state index in [4.69, 9.17) is 28.3 Å². The Morgan fingerprint density at radius 2 is 1.86 bits per heavy atom. The number of halogens is 2. The van der Waals surface area contributed by atoms with Crippen LogP contribution < -0.4 is 5.32 Å². The highest BCUT2D eigenvalue weighted by atomic mass is 35.5. The van der Waals surface area contributed by atoms with Crippen LogP contribution in [0.1, 0.15) is 13.3 Å². The SMILES string of the molecule is CC[C@H](CO)Nc1nc(Cl)nc(Cl)n1. The van der Waals surface area contributed by atoms with Crippen LogP contribution in [0.25, 0.3) is 0 Å². The first-order chi connectivity index (χ1) is 6.65. The summed E-state index contributed by atoms with van der Waals surface area (Å²) in [6.07, 6.45) is 0.747. The molecular weight excluding hydrogens is 227 g/mol. The molecule has 5 nitrogen and oxygen atoms in total. The molecule has 0 radical (unpaired) electrons. The van der Waals surface area contributed by atoms with Gasteiger partial charge < -0.3 is 10.4 Å². The maximum absolute atomic E-state index is 8.93. The van der Waals surface area contributed by atoms with Crippen LogP contribution in [-0.4, -0.2) is 32.7 Å². The summed E-state index contributed by atoms with van der Waals surface area (Å²) in [6.45, 7) is 1.93. The Morgan fingerprint density at radius 3 is 2.29 bits per heavy atom. The van der Waals surface area contributed by atoms with E-state index in [9.17, 15) is 0 Å². The van der Waals surface area contributed by atoms with Gasteiger partial charge in [0.1, 0.15) is 0 Å². The van der Waals surface area contributed by atoms with Gasteiger partial charge in [0.05, 0.1) is 12.6 Å². The summed E-state index contributed by atoms with van der Waals surface area (Å²) in [7, 11) is 0. The molecule has 0 aliphatic rings. The van der Waals surface area contributed by atoms with Crippen molar-refractivity contribution in [2.75, 3.05) is 11.9 Å². The predicted molar refractivity (Wildman–Crippen MR) is 54.6 cm³/mol. The van der Waals surface area contributed by atoms with Crippen LogP contribution >= 0.6 is 23.2 Å². The topological polar surface area (TPSA) is 70.9 Å². The fourth-order valence-corrected chi connectivity index (χ4v) is 1.21. The number of anilines is 1. The fourth-order valence-electron chi connectivity index (χ4n) is 0.850. The monoisotopic (exact) mass is 236 g/mol. The van der Waals surface area contributed by atoms with Gasteiger partial charge in [-0.05, 0) is 29.6 Å². The quantitative estimate of drug-likeness (QED) is 0.827. The summed E-state index contributed by atoms with van der Waals surface area (Å²) < 4.78 is 0. The maximum Gasteiger partial charge on any atom is 0.228 e. The lowest BCUT2D eigenvalue weighted by Gasteiger charge is -2.13. The summed E-state index contributed by atoms with van der Waals surface area (Å²) in [5, 5.41) is 11.9. The van der Waals surface area contributed by atoms with Crippen molar-refractivity contribution in [1.82, 2.24) is 15.0 Å². The summed E-state index contributed by atoms with van der Waals surface area (Å²) in [5.74, 6) is 0.274. The fraction of sp³-hybridized carbons (Fsp3) is 0.571. The van der Waals surface area contributed by atoms with Crippen LogP contribution in [0.3, 0.4) is 0 Å². The van der Waals surface area contributed by atoms with Gasteiger partial charge in [0.2, 0.25) is 16.5 Å². The number of aliphatic hydroxyl groups excluding tert-OH is 1. The molecule has 1 rings (SSSR count). The van der Waals surface area contributed by atoms with Crippen molar-refractivity contribution in [3.63, 3.8) is 0 Å². The van der Waals surface area contributed by atoms with Gasteiger partial charge in [-0.25, -0.2) is 0 Å². The Labute approximate surface area is 91.5 Å². The average Bonchev–Trinajstić information content (AvgIpc) is 2.12. The van der Waals surface area contributed by atoms with Gasteiger partial charge in [-0.2, -0.15) is 15.0 Å². The Bertz CT molecular complexity index is 285. The molecule has 1 aromatic heterocycles. The van der Waals surface area contributed by atoms with Crippen LogP contribution in [0, 0.1) is 0 Å². The molecule has 0 aromatic carbocycles. The Morgan fingerprint density at radius 1 is 1.29 bits per heavy atom. The second-order valence-electron chi connectivity index (χ2n) is 2.63. The van der Waals surface area contributed by atoms with Crippen molar-refractivity contribution < 1.29 is 5.11 Å². The van der Waals surface area contributed by atoms with Gasteiger partial charge in [-0.15, -0.1) is 0 Å². The largest absolute Gasteiger partial charge is 0.394 e. The van der Waals surface area contributed by atoms with Crippen LogP contribution in [0.2, 0.25) is 10.6 Å². The molecular formula is C7H10Cl2N4O. The van der Waals surface area contributed by atoms with E-state index in [-0.39, 0.29) is 29.2 Å². The number of rotatable bonds is 4. The molecule has 0 saturated carbocycles. The van der Waals surface area contributed by atoms with Gasteiger partial charge >= 0.3 is 0 Å². The molecule has 2 N–H and O–H groups in total. The number of hydrogen-bond acceptors (Lipinski definition) is 5. The standard InChI is InChI=1S/C7H10Cl2N4O/c1-2-4(3-14)10-7-12-5(8)11-6(9)13-7/h4,14H,2-3H2,1H3,(H,10,11,12,13)/t4-/m1/s1. The lowest BCUT2D eigenvalue weighted by molar-refractivity contribution is 0.271. The molecule has 1 atom stereocenters. The molecule has 0 bridgehead atoms. The highest BCUT2D eigenvalue weighted by Crippen LogP contribution is 2.10. The third-order valence-corrected chi connectivity index (χ3v) is 1.97. The molecule has 0 fully saturated rings. The summed E-state index contributed by atoms with van der Waals surface area (Å²) in [4.78, 5) is 11.2. The number of hydrogen-bond donors (Lipinski definition) is 2. The molecule has 1 heterocycles. The normalized spacial score (nSPS) is 12.6. The first kappa shape index (κ1) is 11.4. The van der Waals surface area contributed by atoms with Gasteiger partial charge in [0, 0.05) is 0 Å². The molecule has 0 aliphatic carbocycles. The second kappa shape index (κ2) is 5.29. The third kappa shape index (κ3) is 3.25. The molecule has 0 spiro atoms. The van der Waals surface area contributed by atoms with E-state index < -0.39 is 0 Å². The summed E-state index contributed by atoms with van der Waals surface area (Å²) in [6, 6.07) is -0.107. The zero-order chi connectivity index (χ0) is 10.6. The summed E-state index contributed by atoms with van der Waals surface area (Å²) in [5.41, 5.74) is 0. The molecule has 0 unspecified atom stereocenters. The highest BCUT2D eigenvalue weighted by molar-refractivity contribution is 6.31. The highest BCUT2D eigenvalue weighted by Gasteiger charge is 2.08. The first-order valence-electron chi connectivity index (χ1n) is 4.10. The van der Waals surface area contributed by atoms with Crippen molar-refractivity contribution in [1.29, 1.82) is 0 Å². The zero-order valence-electron chi connectivity index (χ0n) is 7.54. The zero-order valence-corrected chi connectivity index (χ0v) is 9.05. The lowest BCUT2D eigenvalue weighted by atomic mass is 10.2.